The number of carbonyl (C=O) groups is 1. The molecule has 1 atom stereocenters. The average Bonchev–Trinajstić information content (AvgIpc) is 2.67. The zero-order valence-corrected chi connectivity index (χ0v) is 17.4. The first-order valence-corrected chi connectivity index (χ1v) is 10.5. The zero-order chi connectivity index (χ0) is 21.0. The fourth-order valence-corrected chi connectivity index (χ4v) is 3.14. The summed E-state index contributed by atoms with van der Waals surface area (Å²) in [6.45, 7) is 3.62. The summed E-state index contributed by atoms with van der Waals surface area (Å²) in [5.41, 5.74) is -1.51. The Balaban J connectivity index is 0.000000552. The molecule has 0 heterocycles. The number of hydrogen-bond donors (Lipinski definition) is 1. The molecule has 0 saturated heterocycles. The molecular weight excluding hydrogens is 382 g/mol. The minimum Gasteiger partial charge on any atom is -0.494 e. The van der Waals surface area contributed by atoms with Gasteiger partial charge in [-0.2, -0.15) is 4.72 Å². The fraction of sp³-hybridized carbons (Fsp3) is 0.350. The molecule has 1 N–H and O–H groups in total. The summed E-state index contributed by atoms with van der Waals surface area (Å²) < 4.78 is 40.5. The van der Waals surface area contributed by atoms with Crippen molar-refractivity contribution in [3.63, 3.8) is 0 Å². The van der Waals surface area contributed by atoms with Crippen LogP contribution in [0, 0.1) is 0 Å². The van der Waals surface area contributed by atoms with Crippen molar-refractivity contribution in [2.75, 3.05) is 26.6 Å². The first-order chi connectivity index (χ1) is 13.2. The van der Waals surface area contributed by atoms with Gasteiger partial charge in [-0.3, -0.25) is 0 Å². The second-order valence-electron chi connectivity index (χ2n) is 6.05. The first-order valence-electron chi connectivity index (χ1n) is 8.63. The highest BCUT2D eigenvalue weighted by atomic mass is 32.2. The number of rotatable bonds is 8. The van der Waals surface area contributed by atoms with Gasteiger partial charge in [0, 0.05) is 0 Å². The Kier molecular flexibility index (Phi) is 9.47. The predicted molar refractivity (Wildman–Crippen MR) is 108 cm³/mol. The lowest BCUT2D eigenvalue weighted by Gasteiger charge is -2.26. The van der Waals surface area contributed by atoms with Crippen LogP contribution in [-0.2, 0) is 19.6 Å². The smallest absolute Gasteiger partial charge is 0.330 e. The van der Waals surface area contributed by atoms with Crippen molar-refractivity contribution in [3.8, 4) is 11.5 Å². The Morgan fingerprint density at radius 2 is 1.39 bits per heavy atom. The van der Waals surface area contributed by atoms with Crippen LogP contribution in [-0.4, -0.2) is 46.5 Å². The third-order valence-corrected chi connectivity index (χ3v) is 4.20. The summed E-state index contributed by atoms with van der Waals surface area (Å²) in [4.78, 5) is 11.8. The molecule has 28 heavy (non-hydrogen) atoms. The Labute approximate surface area is 166 Å². The molecule has 0 aliphatic carbocycles. The SMILES string of the molecule is CCOc1ccc(OCC(C)(NS(C)(=O)=O)C(=O)OC)cc1.c1ccccc1. The van der Waals surface area contributed by atoms with Crippen molar-refractivity contribution in [2.45, 2.75) is 19.4 Å². The van der Waals surface area contributed by atoms with Gasteiger partial charge in [-0.05, 0) is 38.1 Å². The van der Waals surface area contributed by atoms with Crippen LogP contribution in [0.3, 0.4) is 0 Å². The number of esters is 1. The van der Waals surface area contributed by atoms with Gasteiger partial charge in [0.15, 0.2) is 5.54 Å². The van der Waals surface area contributed by atoms with E-state index in [1.54, 1.807) is 24.3 Å². The fourth-order valence-electron chi connectivity index (χ4n) is 2.18. The van der Waals surface area contributed by atoms with E-state index in [0.29, 0.717) is 18.1 Å². The molecule has 2 aromatic carbocycles. The second-order valence-corrected chi connectivity index (χ2v) is 7.79. The van der Waals surface area contributed by atoms with Crippen molar-refractivity contribution in [2.24, 2.45) is 0 Å². The Hall–Kier alpha value is -2.58. The summed E-state index contributed by atoms with van der Waals surface area (Å²) in [5.74, 6) is 0.442. The third-order valence-electron chi connectivity index (χ3n) is 3.38. The molecule has 0 aromatic heterocycles. The van der Waals surface area contributed by atoms with Crippen LogP contribution in [0.2, 0.25) is 0 Å². The molecule has 0 bridgehead atoms. The van der Waals surface area contributed by atoms with E-state index in [2.05, 4.69) is 9.46 Å². The molecule has 0 fully saturated rings. The maximum atomic E-state index is 11.8. The van der Waals surface area contributed by atoms with E-state index in [0.717, 1.165) is 6.26 Å². The van der Waals surface area contributed by atoms with E-state index in [9.17, 15) is 13.2 Å². The quantitative estimate of drug-likeness (QED) is 0.674. The van der Waals surface area contributed by atoms with Crippen LogP contribution in [0.25, 0.3) is 0 Å². The monoisotopic (exact) mass is 409 g/mol. The van der Waals surface area contributed by atoms with Crippen LogP contribution in [0.15, 0.2) is 60.7 Å². The normalized spacial score (nSPS) is 12.7. The molecule has 0 radical (unpaired) electrons. The molecule has 1 unspecified atom stereocenters. The number of nitrogens with one attached hydrogen (secondary N) is 1. The van der Waals surface area contributed by atoms with Gasteiger partial charge in [-0.15, -0.1) is 0 Å². The maximum absolute atomic E-state index is 11.8. The van der Waals surface area contributed by atoms with Gasteiger partial charge in [0.2, 0.25) is 10.0 Å². The summed E-state index contributed by atoms with van der Waals surface area (Å²) in [6.07, 6.45) is 0.963. The summed E-state index contributed by atoms with van der Waals surface area (Å²) >= 11 is 0. The second kappa shape index (κ2) is 11.3. The van der Waals surface area contributed by atoms with E-state index >= 15 is 0 Å². The molecule has 8 heteroatoms. The molecule has 154 valence electrons. The van der Waals surface area contributed by atoms with Gasteiger partial charge in [0.05, 0.1) is 20.0 Å². The first kappa shape index (κ1) is 23.5. The molecule has 0 aliphatic heterocycles. The lowest BCUT2D eigenvalue weighted by molar-refractivity contribution is -0.148. The Morgan fingerprint density at radius 3 is 1.75 bits per heavy atom. The van der Waals surface area contributed by atoms with Gasteiger partial charge < -0.3 is 14.2 Å². The highest BCUT2D eigenvalue weighted by Crippen LogP contribution is 2.19. The van der Waals surface area contributed by atoms with Crippen molar-refractivity contribution in [1.82, 2.24) is 4.72 Å². The van der Waals surface area contributed by atoms with E-state index in [-0.39, 0.29) is 6.61 Å². The van der Waals surface area contributed by atoms with Crippen LogP contribution in [0.1, 0.15) is 13.8 Å². The zero-order valence-electron chi connectivity index (χ0n) is 16.5. The van der Waals surface area contributed by atoms with Gasteiger partial charge >= 0.3 is 5.97 Å². The molecule has 0 spiro atoms. The van der Waals surface area contributed by atoms with E-state index < -0.39 is 21.5 Å². The topological polar surface area (TPSA) is 90.9 Å². The van der Waals surface area contributed by atoms with Crippen molar-refractivity contribution >= 4 is 16.0 Å². The predicted octanol–water partition coefficient (Wildman–Crippen LogP) is 2.63. The molecule has 2 rings (SSSR count). The van der Waals surface area contributed by atoms with Crippen molar-refractivity contribution in [3.05, 3.63) is 60.7 Å². The summed E-state index contributed by atoms with van der Waals surface area (Å²) in [5, 5.41) is 0. The minimum absolute atomic E-state index is 0.208. The lowest BCUT2D eigenvalue weighted by Crippen LogP contribution is -2.56. The maximum Gasteiger partial charge on any atom is 0.330 e. The van der Waals surface area contributed by atoms with Crippen LogP contribution < -0.4 is 14.2 Å². The number of benzene rings is 2. The number of ether oxygens (including phenoxy) is 3. The standard InChI is InChI=1S/C14H21NO6S.C6H6/c1-5-20-11-6-8-12(9-7-11)21-10-14(2,13(16)19-3)15-22(4,17)18;1-2-4-6-5-3-1/h6-9,15H,5,10H2,1-4H3;1-6H. The average molecular weight is 410 g/mol. The number of methoxy groups -OCH3 is 1. The van der Waals surface area contributed by atoms with Crippen LogP contribution >= 0.6 is 0 Å². The van der Waals surface area contributed by atoms with E-state index in [1.165, 1.54) is 14.0 Å². The van der Waals surface area contributed by atoms with Crippen molar-refractivity contribution < 1.29 is 27.4 Å². The summed E-state index contributed by atoms with van der Waals surface area (Å²) in [6, 6.07) is 18.8. The van der Waals surface area contributed by atoms with Gasteiger partial charge in [0.1, 0.15) is 18.1 Å². The van der Waals surface area contributed by atoms with E-state index in [4.69, 9.17) is 9.47 Å². The molecule has 0 amide bonds. The summed E-state index contributed by atoms with van der Waals surface area (Å²) in [7, 11) is -2.42. The molecule has 0 aliphatic rings. The minimum atomic E-state index is -3.61. The van der Waals surface area contributed by atoms with E-state index in [1.807, 2.05) is 43.3 Å². The number of carbonyl (C=O) groups excluding carboxylic acids is 1. The Morgan fingerprint density at radius 1 is 0.964 bits per heavy atom. The van der Waals surface area contributed by atoms with Crippen LogP contribution in [0.4, 0.5) is 0 Å². The largest absolute Gasteiger partial charge is 0.494 e. The highest BCUT2D eigenvalue weighted by Gasteiger charge is 2.38. The number of hydrogen-bond acceptors (Lipinski definition) is 6. The molecule has 7 nitrogen and oxygen atoms in total. The van der Waals surface area contributed by atoms with Gasteiger partial charge in [-0.1, -0.05) is 36.4 Å². The van der Waals surface area contributed by atoms with Gasteiger partial charge in [0.25, 0.3) is 0 Å². The molecular formula is C20H27NO6S. The Bertz CT molecular complexity index is 782. The highest BCUT2D eigenvalue weighted by molar-refractivity contribution is 7.88. The third kappa shape index (κ3) is 8.88. The lowest BCUT2D eigenvalue weighted by atomic mass is 10.1. The molecule has 0 saturated carbocycles. The van der Waals surface area contributed by atoms with Crippen molar-refractivity contribution in [1.29, 1.82) is 0 Å². The van der Waals surface area contributed by atoms with Gasteiger partial charge in [-0.25, -0.2) is 13.2 Å². The number of sulfonamides is 1. The van der Waals surface area contributed by atoms with Crippen LogP contribution in [0.5, 0.6) is 11.5 Å². The molecule has 2 aromatic rings.